The molecule has 0 unspecified atom stereocenters. The topological polar surface area (TPSA) is 84.9 Å². The zero-order valence-electron chi connectivity index (χ0n) is 18.3. The second kappa shape index (κ2) is 9.95. The van der Waals surface area contributed by atoms with Gasteiger partial charge in [-0.2, -0.15) is 0 Å². The second-order valence-corrected chi connectivity index (χ2v) is 9.45. The number of benzene rings is 3. The van der Waals surface area contributed by atoms with Crippen molar-refractivity contribution in [1.82, 2.24) is 5.32 Å². The molecular formula is C25H26N2O5S. The predicted octanol–water partition coefficient (Wildman–Crippen LogP) is 3.92. The van der Waals surface area contributed by atoms with Gasteiger partial charge in [-0.1, -0.05) is 55.5 Å². The van der Waals surface area contributed by atoms with E-state index in [0.29, 0.717) is 36.8 Å². The van der Waals surface area contributed by atoms with Crippen molar-refractivity contribution >= 4 is 21.6 Å². The molecule has 1 amide bonds. The van der Waals surface area contributed by atoms with Crippen molar-refractivity contribution in [3.63, 3.8) is 0 Å². The molecule has 1 atom stereocenters. The fourth-order valence-corrected chi connectivity index (χ4v) is 5.13. The molecule has 0 bridgehead atoms. The highest BCUT2D eigenvalue weighted by Gasteiger charge is 2.29. The van der Waals surface area contributed by atoms with E-state index in [1.165, 1.54) is 12.1 Å². The Morgan fingerprint density at radius 3 is 2.24 bits per heavy atom. The van der Waals surface area contributed by atoms with Gasteiger partial charge < -0.3 is 14.8 Å². The van der Waals surface area contributed by atoms with Crippen molar-refractivity contribution in [2.75, 3.05) is 24.1 Å². The number of carbonyl (C=O) groups excluding carboxylic acids is 1. The minimum Gasteiger partial charge on any atom is -0.486 e. The highest BCUT2D eigenvalue weighted by atomic mass is 32.2. The molecule has 1 aliphatic heterocycles. The maximum atomic E-state index is 13.5. The van der Waals surface area contributed by atoms with Gasteiger partial charge in [0.25, 0.3) is 10.0 Å². The van der Waals surface area contributed by atoms with E-state index in [2.05, 4.69) is 5.32 Å². The predicted molar refractivity (Wildman–Crippen MR) is 126 cm³/mol. The molecular weight excluding hydrogens is 440 g/mol. The van der Waals surface area contributed by atoms with Crippen LogP contribution in [0.3, 0.4) is 0 Å². The molecule has 0 radical (unpaired) electrons. The molecule has 0 aliphatic carbocycles. The van der Waals surface area contributed by atoms with Crippen LogP contribution in [0.4, 0.5) is 5.69 Å². The molecule has 8 heteroatoms. The Labute approximate surface area is 194 Å². The van der Waals surface area contributed by atoms with E-state index in [4.69, 9.17) is 9.47 Å². The molecule has 33 heavy (non-hydrogen) atoms. The monoisotopic (exact) mass is 466 g/mol. The van der Waals surface area contributed by atoms with Crippen molar-refractivity contribution in [3.8, 4) is 11.5 Å². The van der Waals surface area contributed by atoms with Gasteiger partial charge in [0, 0.05) is 6.07 Å². The van der Waals surface area contributed by atoms with E-state index < -0.39 is 15.9 Å². The summed E-state index contributed by atoms with van der Waals surface area (Å²) in [7, 11) is -4.01. The molecule has 0 saturated carbocycles. The number of nitrogens with one attached hydrogen (secondary N) is 1. The maximum absolute atomic E-state index is 13.5. The van der Waals surface area contributed by atoms with Crippen molar-refractivity contribution < 1.29 is 22.7 Å². The lowest BCUT2D eigenvalue weighted by Crippen LogP contribution is -2.42. The molecule has 7 nitrogen and oxygen atoms in total. The lowest BCUT2D eigenvalue weighted by atomic mass is 10.0. The van der Waals surface area contributed by atoms with Crippen LogP contribution in [-0.2, 0) is 14.8 Å². The van der Waals surface area contributed by atoms with Crippen LogP contribution in [0.25, 0.3) is 0 Å². The summed E-state index contributed by atoms with van der Waals surface area (Å²) in [6, 6.07) is 22.3. The second-order valence-electron chi connectivity index (χ2n) is 7.59. The Kier molecular flexibility index (Phi) is 6.84. The molecule has 3 aromatic carbocycles. The summed E-state index contributed by atoms with van der Waals surface area (Å²) in [6.45, 7) is 2.40. The van der Waals surface area contributed by atoms with Crippen LogP contribution in [0.1, 0.15) is 24.9 Å². The summed E-state index contributed by atoms with van der Waals surface area (Å²) >= 11 is 0. The number of hydrogen-bond acceptors (Lipinski definition) is 5. The van der Waals surface area contributed by atoms with E-state index >= 15 is 0 Å². The first-order valence-electron chi connectivity index (χ1n) is 10.8. The minimum absolute atomic E-state index is 0.0998. The van der Waals surface area contributed by atoms with E-state index in [9.17, 15) is 13.2 Å². The summed E-state index contributed by atoms with van der Waals surface area (Å²) in [5.41, 5.74) is 1.29. The van der Waals surface area contributed by atoms with Crippen LogP contribution in [0.15, 0.2) is 83.8 Å². The van der Waals surface area contributed by atoms with E-state index in [1.54, 1.807) is 36.4 Å². The fourth-order valence-electron chi connectivity index (χ4n) is 3.70. The summed E-state index contributed by atoms with van der Waals surface area (Å²) < 4.78 is 39.4. The van der Waals surface area contributed by atoms with Gasteiger partial charge in [-0.15, -0.1) is 0 Å². The van der Waals surface area contributed by atoms with Crippen LogP contribution >= 0.6 is 0 Å². The smallest absolute Gasteiger partial charge is 0.264 e. The van der Waals surface area contributed by atoms with Gasteiger partial charge in [0.05, 0.1) is 16.6 Å². The van der Waals surface area contributed by atoms with Crippen molar-refractivity contribution in [1.29, 1.82) is 0 Å². The zero-order valence-corrected chi connectivity index (χ0v) is 19.1. The number of sulfonamides is 1. The standard InChI is InChI=1S/C25H26N2O5S/c1-2-22(19-9-5-3-6-10-19)26-25(28)18-27(33(29,30)21-11-7-4-8-12-21)20-13-14-23-24(17-20)32-16-15-31-23/h3-14,17,22H,2,15-16,18H2,1H3,(H,26,28)/t22-/m1/s1. The molecule has 172 valence electrons. The summed E-state index contributed by atoms with van der Waals surface area (Å²) in [6.07, 6.45) is 0.672. The molecule has 1 aliphatic rings. The van der Waals surface area contributed by atoms with E-state index in [1.807, 2.05) is 37.3 Å². The van der Waals surface area contributed by atoms with E-state index in [0.717, 1.165) is 9.87 Å². The quantitative estimate of drug-likeness (QED) is 0.544. The molecule has 1 heterocycles. The maximum Gasteiger partial charge on any atom is 0.264 e. The van der Waals surface area contributed by atoms with Crippen LogP contribution in [0, 0.1) is 0 Å². The van der Waals surface area contributed by atoms with Crippen molar-refractivity contribution in [2.45, 2.75) is 24.3 Å². The van der Waals surface area contributed by atoms with Gasteiger partial charge >= 0.3 is 0 Å². The average molecular weight is 467 g/mol. The van der Waals surface area contributed by atoms with E-state index in [-0.39, 0.29) is 17.5 Å². The molecule has 3 aromatic rings. The molecule has 0 spiro atoms. The van der Waals surface area contributed by atoms with Crippen LogP contribution < -0.4 is 19.1 Å². The number of hydrogen-bond donors (Lipinski definition) is 1. The molecule has 4 rings (SSSR count). The molecule has 0 fully saturated rings. The Morgan fingerprint density at radius 2 is 1.58 bits per heavy atom. The first-order chi connectivity index (χ1) is 16.0. The average Bonchev–Trinajstić information content (AvgIpc) is 2.86. The number of ether oxygens (including phenoxy) is 2. The Balaban J connectivity index is 1.65. The van der Waals surface area contributed by atoms with Crippen LogP contribution in [0.2, 0.25) is 0 Å². The number of fused-ring (bicyclic) bond motifs is 1. The van der Waals surface area contributed by atoms with Gasteiger partial charge in [0.1, 0.15) is 19.8 Å². The van der Waals surface area contributed by atoms with Gasteiger partial charge in [-0.05, 0) is 36.2 Å². The lowest BCUT2D eigenvalue weighted by Gasteiger charge is -2.27. The normalized spacial score (nSPS) is 13.7. The highest BCUT2D eigenvalue weighted by Crippen LogP contribution is 2.35. The fraction of sp³-hybridized carbons (Fsp3) is 0.240. The number of anilines is 1. The van der Waals surface area contributed by atoms with Crippen LogP contribution in [0.5, 0.6) is 11.5 Å². The number of rotatable bonds is 8. The first-order valence-corrected chi connectivity index (χ1v) is 12.2. The summed E-state index contributed by atoms with van der Waals surface area (Å²) in [5.74, 6) is 0.588. The number of nitrogens with zero attached hydrogens (tertiary/aromatic N) is 1. The van der Waals surface area contributed by atoms with Crippen molar-refractivity contribution in [2.24, 2.45) is 0 Å². The van der Waals surface area contributed by atoms with Gasteiger partial charge in [0.15, 0.2) is 11.5 Å². The Bertz CT molecular complexity index is 1200. The first kappa shape index (κ1) is 22.7. The van der Waals surface area contributed by atoms with Gasteiger partial charge in [-0.3, -0.25) is 9.10 Å². The largest absolute Gasteiger partial charge is 0.486 e. The highest BCUT2D eigenvalue weighted by molar-refractivity contribution is 7.92. The Hall–Kier alpha value is -3.52. The third-order valence-corrected chi connectivity index (χ3v) is 7.17. The molecule has 0 saturated heterocycles. The SMILES string of the molecule is CC[C@@H](NC(=O)CN(c1ccc2c(c1)OCCO2)S(=O)(=O)c1ccccc1)c1ccccc1. The minimum atomic E-state index is -4.01. The summed E-state index contributed by atoms with van der Waals surface area (Å²) in [4.78, 5) is 13.2. The van der Waals surface area contributed by atoms with Gasteiger partial charge in [-0.25, -0.2) is 8.42 Å². The number of amides is 1. The van der Waals surface area contributed by atoms with Crippen molar-refractivity contribution in [3.05, 3.63) is 84.4 Å². The lowest BCUT2D eigenvalue weighted by molar-refractivity contribution is -0.120. The summed E-state index contributed by atoms with van der Waals surface area (Å²) in [5, 5.41) is 2.97. The zero-order chi connectivity index (χ0) is 23.3. The third-order valence-electron chi connectivity index (χ3n) is 5.38. The third kappa shape index (κ3) is 5.12. The van der Waals surface area contributed by atoms with Crippen LogP contribution in [-0.4, -0.2) is 34.1 Å². The van der Waals surface area contributed by atoms with Gasteiger partial charge in [0.2, 0.25) is 5.91 Å². The number of carbonyl (C=O) groups is 1. The molecule has 0 aromatic heterocycles. The molecule has 1 N–H and O–H groups in total. The Morgan fingerprint density at radius 1 is 0.939 bits per heavy atom.